The van der Waals surface area contributed by atoms with Crippen LogP contribution >= 0.6 is 24.0 Å². The number of benzene rings is 1. The molecule has 0 unspecified atom stereocenters. The van der Waals surface area contributed by atoms with Crippen molar-refractivity contribution in [1.82, 2.24) is 4.90 Å². The Bertz CT molecular complexity index is 765. The molecule has 2 fully saturated rings. The molecular weight excluding hydrogens is 368 g/mol. The number of nitrogens with zero attached hydrogens (tertiary/aromatic N) is 2. The van der Waals surface area contributed by atoms with E-state index in [4.69, 9.17) is 17.5 Å². The summed E-state index contributed by atoms with van der Waals surface area (Å²) in [4.78, 5) is 20.6. The molecule has 2 aliphatic rings. The van der Waals surface area contributed by atoms with Crippen LogP contribution in [0.15, 0.2) is 53.6 Å². The lowest BCUT2D eigenvalue weighted by Gasteiger charge is -2.17. The first kappa shape index (κ1) is 18.8. The van der Waals surface area contributed by atoms with Gasteiger partial charge in [-0.1, -0.05) is 54.8 Å². The Hall–Kier alpha value is -1.93. The van der Waals surface area contributed by atoms with E-state index in [1.54, 1.807) is 6.08 Å². The SMILES string of the molecule is C=C(COO)N1C(=O)/C(=C/C=C/c2ccc(N3CCCC3)cc2)SC1=S. The van der Waals surface area contributed by atoms with Crippen LogP contribution in [-0.4, -0.2) is 40.1 Å². The van der Waals surface area contributed by atoms with Gasteiger partial charge in [0.25, 0.3) is 5.91 Å². The molecular formula is C19H20N2O3S2. The van der Waals surface area contributed by atoms with E-state index < -0.39 is 0 Å². The summed E-state index contributed by atoms with van der Waals surface area (Å²) >= 11 is 6.40. The van der Waals surface area contributed by atoms with Gasteiger partial charge in [0.05, 0.1) is 4.91 Å². The topological polar surface area (TPSA) is 53.0 Å². The van der Waals surface area contributed by atoms with Gasteiger partial charge >= 0.3 is 0 Å². The zero-order valence-corrected chi connectivity index (χ0v) is 15.9. The van der Waals surface area contributed by atoms with E-state index in [0.717, 1.165) is 18.7 Å². The minimum Gasteiger partial charge on any atom is -0.372 e. The summed E-state index contributed by atoms with van der Waals surface area (Å²) in [6, 6.07) is 8.40. The highest BCUT2D eigenvalue weighted by atomic mass is 32.2. The first-order valence-corrected chi connectivity index (χ1v) is 9.56. The fourth-order valence-corrected chi connectivity index (χ4v) is 4.21. The van der Waals surface area contributed by atoms with Gasteiger partial charge in [-0.3, -0.25) is 15.0 Å². The third kappa shape index (κ3) is 4.24. The maximum atomic E-state index is 12.4. The summed E-state index contributed by atoms with van der Waals surface area (Å²) < 4.78 is 0.381. The molecule has 3 rings (SSSR count). The number of carbonyl (C=O) groups is 1. The van der Waals surface area contributed by atoms with Crippen molar-refractivity contribution in [3.8, 4) is 0 Å². The van der Waals surface area contributed by atoms with Crippen LogP contribution in [0.2, 0.25) is 0 Å². The van der Waals surface area contributed by atoms with Crippen LogP contribution in [-0.2, 0) is 9.68 Å². The Balaban J connectivity index is 1.64. The van der Waals surface area contributed by atoms with Crippen molar-refractivity contribution in [2.75, 3.05) is 24.6 Å². The average Bonchev–Trinajstić information content (AvgIpc) is 3.25. The predicted octanol–water partition coefficient (Wildman–Crippen LogP) is 4.05. The maximum Gasteiger partial charge on any atom is 0.270 e. The van der Waals surface area contributed by atoms with Crippen LogP contribution in [0.3, 0.4) is 0 Å². The molecule has 0 saturated carbocycles. The molecule has 1 aromatic carbocycles. The maximum absolute atomic E-state index is 12.4. The summed E-state index contributed by atoms with van der Waals surface area (Å²) in [6.45, 7) is 5.79. The number of thiocarbonyl (C=S) groups is 1. The van der Waals surface area contributed by atoms with E-state index in [9.17, 15) is 4.79 Å². The van der Waals surface area contributed by atoms with Gasteiger partial charge < -0.3 is 4.90 Å². The van der Waals surface area contributed by atoms with Crippen LogP contribution < -0.4 is 4.90 Å². The molecule has 2 saturated heterocycles. The molecule has 1 N–H and O–H groups in total. The fraction of sp³-hybridized carbons (Fsp3) is 0.263. The summed E-state index contributed by atoms with van der Waals surface area (Å²) in [5, 5.41) is 8.51. The number of carbonyl (C=O) groups excluding carboxylic acids is 1. The summed E-state index contributed by atoms with van der Waals surface area (Å²) in [5.74, 6) is -0.254. The Morgan fingerprint density at radius 3 is 2.65 bits per heavy atom. The Morgan fingerprint density at radius 2 is 2.00 bits per heavy atom. The van der Waals surface area contributed by atoms with Gasteiger partial charge in [-0.05, 0) is 36.6 Å². The number of thioether (sulfide) groups is 1. The summed E-state index contributed by atoms with van der Waals surface area (Å²) in [6.07, 6.45) is 8.04. The van der Waals surface area contributed by atoms with Crippen molar-refractivity contribution < 1.29 is 14.9 Å². The van der Waals surface area contributed by atoms with E-state index in [0.29, 0.717) is 14.9 Å². The van der Waals surface area contributed by atoms with E-state index in [-0.39, 0.29) is 12.5 Å². The Morgan fingerprint density at radius 1 is 1.31 bits per heavy atom. The lowest BCUT2D eigenvalue weighted by molar-refractivity contribution is -0.235. The van der Waals surface area contributed by atoms with Gasteiger partial charge in [-0.15, -0.1) is 0 Å². The van der Waals surface area contributed by atoms with E-state index >= 15 is 0 Å². The van der Waals surface area contributed by atoms with Crippen LogP contribution in [0, 0.1) is 0 Å². The molecule has 5 nitrogen and oxygen atoms in total. The molecule has 1 amide bonds. The van der Waals surface area contributed by atoms with Crippen LogP contribution in [0.4, 0.5) is 5.69 Å². The van der Waals surface area contributed by atoms with Gasteiger partial charge in [0.2, 0.25) is 0 Å². The third-order valence-corrected chi connectivity index (χ3v) is 5.56. The minimum absolute atomic E-state index is 0.168. The molecule has 0 bridgehead atoms. The van der Waals surface area contributed by atoms with Gasteiger partial charge in [-0.2, -0.15) is 0 Å². The highest BCUT2D eigenvalue weighted by molar-refractivity contribution is 8.26. The normalized spacial score (nSPS) is 19.3. The molecule has 0 aromatic heterocycles. The lowest BCUT2D eigenvalue weighted by atomic mass is 10.2. The Kier molecular flexibility index (Phi) is 6.26. The highest BCUT2D eigenvalue weighted by Crippen LogP contribution is 2.33. The van der Waals surface area contributed by atoms with Crippen molar-refractivity contribution in [3.63, 3.8) is 0 Å². The number of amides is 1. The molecule has 1 aromatic rings. The van der Waals surface area contributed by atoms with Gasteiger partial charge in [0, 0.05) is 24.5 Å². The first-order valence-electron chi connectivity index (χ1n) is 8.34. The van der Waals surface area contributed by atoms with Gasteiger partial charge in [0.15, 0.2) is 4.32 Å². The van der Waals surface area contributed by atoms with E-state index in [1.165, 1.54) is 35.2 Å². The molecule has 0 aliphatic carbocycles. The van der Waals surface area contributed by atoms with E-state index in [1.807, 2.05) is 12.2 Å². The second kappa shape index (κ2) is 8.64. The molecule has 26 heavy (non-hydrogen) atoms. The van der Waals surface area contributed by atoms with Crippen LogP contribution in [0.5, 0.6) is 0 Å². The van der Waals surface area contributed by atoms with Crippen molar-refractivity contribution in [3.05, 3.63) is 59.2 Å². The zero-order valence-electron chi connectivity index (χ0n) is 14.3. The predicted molar refractivity (Wildman–Crippen MR) is 110 cm³/mol. The number of rotatable bonds is 6. The minimum atomic E-state index is -0.254. The first-order chi connectivity index (χ1) is 12.6. The molecule has 0 spiro atoms. The molecule has 2 aliphatic heterocycles. The molecule has 2 heterocycles. The standard InChI is InChI=1S/C19H20N2O3S2/c1-14(13-24-23)21-18(22)17(26-19(21)25)6-4-5-15-7-9-16(10-8-15)20-11-2-3-12-20/h4-10,23H,1-3,11-13H2/b5-4+,17-6-. The fourth-order valence-electron chi connectivity index (χ4n) is 2.91. The van der Waals surface area contributed by atoms with Crippen molar-refractivity contribution in [2.45, 2.75) is 12.8 Å². The van der Waals surface area contributed by atoms with E-state index in [2.05, 4.69) is 40.6 Å². The Labute approximate surface area is 162 Å². The molecule has 136 valence electrons. The summed E-state index contributed by atoms with van der Waals surface area (Å²) in [7, 11) is 0. The molecule has 7 heteroatoms. The second-order valence-corrected chi connectivity index (χ2v) is 7.70. The second-order valence-electron chi connectivity index (χ2n) is 6.02. The number of hydrogen-bond donors (Lipinski definition) is 1. The quantitative estimate of drug-likeness (QED) is 0.343. The highest BCUT2D eigenvalue weighted by Gasteiger charge is 2.33. The third-order valence-electron chi connectivity index (χ3n) is 4.24. The van der Waals surface area contributed by atoms with Crippen LogP contribution in [0.1, 0.15) is 18.4 Å². The largest absolute Gasteiger partial charge is 0.372 e. The number of anilines is 1. The average molecular weight is 389 g/mol. The molecule has 0 radical (unpaired) electrons. The number of hydrogen-bond acceptors (Lipinski definition) is 6. The smallest absolute Gasteiger partial charge is 0.270 e. The number of allylic oxidation sites excluding steroid dienone is 2. The van der Waals surface area contributed by atoms with Crippen LogP contribution in [0.25, 0.3) is 6.08 Å². The lowest BCUT2D eigenvalue weighted by Crippen LogP contribution is -2.28. The monoisotopic (exact) mass is 388 g/mol. The van der Waals surface area contributed by atoms with Crippen molar-refractivity contribution in [2.24, 2.45) is 0 Å². The van der Waals surface area contributed by atoms with Gasteiger partial charge in [0.1, 0.15) is 6.61 Å². The van der Waals surface area contributed by atoms with Crippen molar-refractivity contribution in [1.29, 1.82) is 0 Å². The molecule has 0 atom stereocenters. The van der Waals surface area contributed by atoms with Gasteiger partial charge in [-0.25, -0.2) is 4.89 Å². The summed E-state index contributed by atoms with van der Waals surface area (Å²) in [5.41, 5.74) is 2.63. The van der Waals surface area contributed by atoms with Crippen molar-refractivity contribution >= 4 is 46.0 Å². The zero-order chi connectivity index (χ0) is 18.5.